The summed E-state index contributed by atoms with van der Waals surface area (Å²) in [5, 5.41) is 3.22. The highest BCUT2D eigenvalue weighted by Crippen LogP contribution is 2.40. The zero-order valence-electron chi connectivity index (χ0n) is 9.60. The van der Waals surface area contributed by atoms with E-state index < -0.39 is 0 Å². The Morgan fingerprint density at radius 3 is 2.82 bits per heavy atom. The van der Waals surface area contributed by atoms with Crippen LogP contribution in [0.5, 0.6) is 0 Å². The Hall–Kier alpha value is -1.47. The zero-order valence-corrected chi connectivity index (χ0v) is 10.4. The van der Waals surface area contributed by atoms with Gasteiger partial charge in [-0.15, -0.1) is 18.3 Å². The second kappa shape index (κ2) is 4.42. The minimum atomic E-state index is 0.464. The third kappa shape index (κ3) is 1.81. The lowest BCUT2D eigenvalue weighted by atomic mass is 9.93. The van der Waals surface area contributed by atoms with E-state index in [-0.39, 0.29) is 0 Å². The molecule has 2 aromatic carbocycles. The summed E-state index contributed by atoms with van der Waals surface area (Å²) in [4.78, 5) is 0. The molecule has 1 unspecified atom stereocenters. The fraction of sp³-hybridized carbons (Fsp3) is 0.125. The highest BCUT2D eigenvalue weighted by molar-refractivity contribution is 7.99. The average molecular weight is 238 g/mol. The topological polar surface area (TPSA) is 0 Å². The van der Waals surface area contributed by atoms with E-state index in [0.717, 1.165) is 5.75 Å². The summed E-state index contributed by atoms with van der Waals surface area (Å²) in [6, 6.07) is 13.1. The molecule has 84 valence electrons. The molecule has 0 aromatic heterocycles. The van der Waals surface area contributed by atoms with Gasteiger partial charge in [0.25, 0.3) is 0 Å². The van der Waals surface area contributed by atoms with Crippen LogP contribution in [-0.2, 0) is 0 Å². The molecule has 17 heavy (non-hydrogen) atoms. The van der Waals surface area contributed by atoms with Crippen molar-refractivity contribution in [2.75, 3.05) is 5.75 Å². The molecule has 0 amide bonds. The molecule has 0 heterocycles. The van der Waals surface area contributed by atoms with Gasteiger partial charge in [-0.2, -0.15) is 0 Å². The molecule has 1 aliphatic rings. The summed E-state index contributed by atoms with van der Waals surface area (Å²) in [7, 11) is 0. The van der Waals surface area contributed by atoms with E-state index >= 15 is 0 Å². The van der Waals surface area contributed by atoms with Crippen LogP contribution in [0.25, 0.3) is 16.8 Å². The third-order valence-electron chi connectivity index (χ3n) is 3.12. The highest BCUT2D eigenvalue weighted by atomic mass is 32.2. The maximum atomic E-state index is 3.79. The van der Waals surface area contributed by atoms with Gasteiger partial charge >= 0.3 is 0 Å². The van der Waals surface area contributed by atoms with Crippen LogP contribution in [0.1, 0.15) is 16.4 Å². The van der Waals surface area contributed by atoms with Gasteiger partial charge in [-0.1, -0.05) is 54.6 Å². The Bertz CT molecular complexity index is 590. The first-order valence-corrected chi connectivity index (χ1v) is 6.87. The molecule has 0 aliphatic heterocycles. The Morgan fingerprint density at radius 2 is 2.00 bits per heavy atom. The summed E-state index contributed by atoms with van der Waals surface area (Å²) in [5.74, 6) is 0.994. The molecule has 0 nitrogen and oxygen atoms in total. The van der Waals surface area contributed by atoms with Crippen LogP contribution in [0.2, 0.25) is 0 Å². The molecule has 1 aliphatic carbocycles. The second-order valence-corrected chi connectivity index (χ2v) is 5.37. The molecular weight excluding hydrogens is 224 g/mol. The van der Waals surface area contributed by atoms with Gasteiger partial charge in [0, 0.05) is 11.0 Å². The van der Waals surface area contributed by atoms with Crippen molar-refractivity contribution < 1.29 is 0 Å². The molecule has 2 aromatic rings. The van der Waals surface area contributed by atoms with Crippen molar-refractivity contribution >= 4 is 28.6 Å². The Morgan fingerprint density at radius 1 is 1.18 bits per heavy atom. The van der Waals surface area contributed by atoms with E-state index in [2.05, 4.69) is 55.1 Å². The van der Waals surface area contributed by atoms with E-state index in [1.54, 1.807) is 0 Å². The van der Waals surface area contributed by atoms with Gasteiger partial charge in [0.15, 0.2) is 0 Å². The van der Waals surface area contributed by atoms with Crippen LogP contribution in [0.3, 0.4) is 0 Å². The number of benzene rings is 2. The first kappa shape index (κ1) is 10.7. The molecule has 1 atom stereocenters. The smallest absolute Gasteiger partial charge is 0.0489 e. The van der Waals surface area contributed by atoms with Crippen molar-refractivity contribution in [3.63, 3.8) is 0 Å². The fourth-order valence-corrected chi connectivity index (χ4v) is 3.30. The Balaban J connectivity index is 2.16. The van der Waals surface area contributed by atoms with Crippen LogP contribution in [0.15, 0.2) is 55.1 Å². The number of hydrogen-bond donors (Lipinski definition) is 0. The van der Waals surface area contributed by atoms with Crippen molar-refractivity contribution in [3.05, 3.63) is 66.3 Å². The predicted octanol–water partition coefficient (Wildman–Crippen LogP) is 4.83. The first-order chi connectivity index (χ1) is 8.40. The first-order valence-electron chi connectivity index (χ1n) is 5.82. The average Bonchev–Trinajstić information content (AvgIpc) is 2.39. The third-order valence-corrected chi connectivity index (χ3v) is 4.32. The van der Waals surface area contributed by atoms with Gasteiger partial charge in [0.05, 0.1) is 0 Å². The van der Waals surface area contributed by atoms with Crippen LogP contribution < -0.4 is 0 Å². The minimum absolute atomic E-state index is 0.464. The van der Waals surface area contributed by atoms with Gasteiger partial charge in [-0.25, -0.2) is 0 Å². The maximum Gasteiger partial charge on any atom is 0.0489 e. The summed E-state index contributed by atoms with van der Waals surface area (Å²) in [6.45, 7) is 3.79. The predicted molar refractivity (Wildman–Crippen MR) is 78.4 cm³/mol. The monoisotopic (exact) mass is 238 g/mol. The summed E-state index contributed by atoms with van der Waals surface area (Å²) in [5.41, 5.74) is 2.78. The van der Waals surface area contributed by atoms with Gasteiger partial charge < -0.3 is 0 Å². The number of thioether (sulfide) groups is 1. The SMILES string of the molecule is C=CCSC1C=Cc2cccc3cccc1c23. The van der Waals surface area contributed by atoms with E-state index in [9.17, 15) is 0 Å². The second-order valence-electron chi connectivity index (χ2n) is 4.19. The lowest BCUT2D eigenvalue weighted by Crippen LogP contribution is -1.98. The zero-order chi connectivity index (χ0) is 11.7. The van der Waals surface area contributed by atoms with Gasteiger partial charge in [-0.3, -0.25) is 0 Å². The molecule has 1 heteroatoms. The van der Waals surface area contributed by atoms with E-state index in [0.29, 0.717) is 5.25 Å². The van der Waals surface area contributed by atoms with Gasteiger partial charge in [-0.05, 0) is 21.9 Å². The van der Waals surface area contributed by atoms with Gasteiger partial charge in [0.1, 0.15) is 0 Å². The fourth-order valence-electron chi connectivity index (χ4n) is 2.39. The Labute approximate surface area is 106 Å². The molecule has 0 spiro atoms. The van der Waals surface area contributed by atoms with E-state index in [1.807, 2.05) is 17.8 Å². The molecule has 0 fully saturated rings. The highest BCUT2D eigenvalue weighted by Gasteiger charge is 2.16. The van der Waals surface area contributed by atoms with Crippen LogP contribution in [-0.4, -0.2) is 5.75 Å². The lowest BCUT2D eigenvalue weighted by Gasteiger charge is -2.20. The summed E-state index contributed by atoms with van der Waals surface area (Å²) < 4.78 is 0. The summed E-state index contributed by atoms with van der Waals surface area (Å²) >= 11 is 1.93. The summed E-state index contributed by atoms with van der Waals surface area (Å²) in [6.07, 6.45) is 6.51. The van der Waals surface area contributed by atoms with Crippen LogP contribution in [0, 0.1) is 0 Å². The van der Waals surface area contributed by atoms with Crippen molar-refractivity contribution in [1.82, 2.24) is 0 Å². The van der Waals surface area contributed by atoms with Crippen molar-refractivity contribution in [3.8, 4) is 0 Å². The number of rotatable bonds is 3. The van der Waals surface area contributed by atoms with Crippen molar-refractivity contribution in [2.45, 2.75) is 5.25 Å². The van der Waals surface area contributed by atoms with E-state index in [1.165, 1.54) is 21.9 Å². The van der Waals surface area contributed by atoms with Crippen molar-refractivity contribution in [2.24, 2.45) is 0 Å². The van der Waals surface area contributed by atoms with Crippen molar-refractivity contribution in [1.29, 1.82) is 0 Å². The molecule has 0 saturated heterocycles. The number of hydrogen-bond acceptors (Lipinski definition) is 1. The largest absolute Gasteiger partial charge is 0.145 e. The lowest BCUT2D eigenvalue weighted by molar-refractivity contribution is 1.25. The van der Waals surface area contributed by atoms with Gasteiger partial charge in [0.2, 0.25) is 0 Å². The van der Waals surface area contributed by atoms with E-state index in [4.69, 9.17) is 0 Å². The Kier molecular flexibility index (Phi) is 2.77. The normalized spacial score (nSPS) is 17.3. The van der Waals surface area contributed by atoms with Crippen LogP contribution >= 0.6 is 11.8 Å². The molecule has 0 saturated carbocycles. The molecule has 3 rings (SSSR count). The minimum Gasteiger partial charge on any atom is -0.145 e. The maximum absolute atomic E-state index is 3.79. The molecule has 0 N–H and O–H groups in total. The molecular formula is C16H14S. The quantitative estimate of drug-likeness (QED) is 0.690. The standard InChI is InChI=1S/C16H14S/c1-2-11-17-15-10-9-13-6-3-5-12-7-4-8-14(15)16(12)13/h2-10,15H,1,11H2. The molecule has 0 radical (unpaired) electrons. The van der Waals surface area contributed by atoms with Crippen LogP contribution in [0.4, 0.5) is 0 Å². The molecule has 0 bridgehead atoms.